The summed E-state index contributed by atoms with van der Waals surface area (Å²) in [4.78, 5) is 38.4. The number of carbonyl (C=O) groups is 3. The summed E-state index contributed by atoms with van der Waals surface area (Å²) in [6.07, 6.45) is 92.8. The van der Waals surface area contributed by atoms with Crippen LogP contribution in [0.2, 0.25) is 0 Å². The second-order valence-electron chi connectivity index (χ2n) is 23.1. The highest BCUT2D eigenvalue weighted by Gasteiger charge is 2.19. The molecule has 1 atom stereocenters. The number of allylic oxidation sites excluding steroid dienone is 16. The van der Waals surface area contributed by atoms with E-state index in [0.717, 1.165) is 128 Å². The van der Waals surface area contributed by atoms with Gasteiger partial charge in [-0.2, -0.15) is 0 Å². The second kappa shape index (κ2) is 68.8. The summed E-state index contributed by atoms with van der Waals surface area (Å²) < 4.78 is 17.0. The number of ether oxygens (including phenoxy) is 3. The molecule has 0 N–H and O–H groups in total. The van der Waals surface area contributed by atoms with Crippen molar-refractivity contribution in [1.29, 1.82) is 0 Å². The van der Waals surface area contributed by atoms with E-state index in [4.69, 9.17) is 14.2 Å². The molecular formula is C75H130O6. The Kier molecular flexibility index (Phi) is 65.7. The molecule has 0 aliphatic heterocycles. The van der Waals surface area contributed by atoms with Gasteiger partial charge in [0.05, 0.1) is 0 Å². The lowest BCUT2D eigenvalue weighted by Crippen LogP contribution is -2.30. The van der Waals surface area contributed by atoms with E-state index in [0.29, 0.717) is 19.3 Å². The fourth-order valence-corrected chi connectivity index (χ4v) is 9.89. The molecule has 0 aromatic rings. The standard InChI is InChI=1S/C75H130O6/c1-4-7-10-13-16-19-22-25-28-30-32-34-36-37-39-40-42-44-47-50-53-56-59-62-65-68-74(77)80-71-72(70-79-73(76)67-64-61-58-55-52-49-46-27-24-21-18-15-12-9-6-3)81-75(78)69-66-63-60-57-54-51-48-45-43-41-38-35-33-31-29-26-23-20-17-14-11-8-5-2/h7,10,16,18-19,21,25,27-28,32,34,37,39,42,44,46,72H,4-6,8-9,11-15,17,20,22-24,26,29-31,33,35-36,38,40-41,43,45,47-71H2,1-3H3/b10-7-,19-16-,21-18-,28-25-,34-32-,39-37-,44-42-,46-27-. The van der Waals surface area contributed by atoms with E-state index in [1.165, 1.54) is 173 Å². The maximum atomic E-state index is 13.0. The molecule has 0 heterocycles. The third kappa shape index (κ3) is 67.0. The van der Waals surface area contributed by atoms with E-state index in [2.05, 4.69) is 118 Å². The Morgan fingerprint density at radius 1 is 0.259 bits per heavy atom. The highest BCUT2D eigenvalue weighted by atomic mass is 16.6. The van der Waals surface area contributed by atoms with Crippen molar-refractivity contribution in [3.05, 3.63) is 97.2 Å². The van der Waals surface area contributed by atoms with E-state index >= 15 is 0 Å². The molecule has 0 amide bonds. The number of hydrogen-bond donors (Lipinski definition) is 0. The Labute approximate surface area is 502 Å². The van der Waals surface area contributed by atoms with Crippen molar-refractivity contribution >= 4 is 17.9 Å². The monoisotopic (exact) mass is 1130 g/mol. The SMILES string of the molecule is CC/C=C\C/C=C\C/C=C\C/C=C\C/C=C\C/C=C\CCCCCCCCC(=O)OCC(COC(=O)CCCCCCC/C=C\C/C=C\CCCCC)OC(=O)CCCCCCCCCCCCCCCCCCCCCCCCC. The average Bonchev–Trinajstić information content (AvgIpc) is 3.47. The normalized spacial score (nSPS) is 12.7. The van der Waals surface area contributed by atoms with Crippen LogP contribution in [-0.4, -0.2) is 37.2 Å². The van der Waals surface area contributed by atoms with Gasteiger partial charge >= 0.3 is 17.9 Å². The van der Waals surface area contributed by atoms with E-state index in [-0.39, 0.29) is 31.1 Å². The first kappa shape index (κ1) is 77.3. The van der Waals surface area contributed by atoms with E-state index in [9.17, 15) is 14.4 Å². The van der Waals surface area contributed by atoms with Crippen molar-refractivity contribution in [2.75, 3.05) is 13.2 Å². The minimum atomic E-state index is -0.791. The fourth-order valence-electron chi connectivity index (χ4n) is 9.89. The zero-order valence-electron chi connectivity index (χ0n) is 53.5. The lowest BCUT2D eigenvalue weighted by molar-refractivity contribution is -0.167. The summed E-state index contributed by atoms with van der Waals surface area (Å²) in [7, 11) is 0. The minimum Gasteiger partial charge on any atom is -0.462 e. The zero-order valence-corrected chi connectivity index (χ0v) is 53.5. The predicted octanol–water partition coefficient (Wildman–Crippen LogP) is 24.0. The highest BCUT2D eigenvalue weighted by Crippen LogP contribution is 2.17. The first-order chi connectivity index (χ1) is 40.0. The smallest absolute Gasteiger partial charge is 0.306 e. The summed E-state index contributed by atoms with van der Waals surface area (Å²) in [6, 6.07) is 0. The van der Waals surface area contributed by atoms with E-state index in [1.54, 1.807) is 0 Å². The van der Waals surface area contributed by atoms with Gasteiger partial charge in [-0.15, -0.1) is 0 Å². The Balaban J connectivity index is 4.37. The van der Waals surface area contributed by atoms with Gasteiger partial charge < -0.3 is 14.2 Å². The Hall–Kier alpha value is -3.67. The van der Waals surface area contributed by atoms with Crippen molar-refractivity contribution in [2.45, 2.75) is 348 Å². The molecule has 0 aliphatic carbocycles. The molecule has 81 heavy (non-hydrogen) atoms. The van der Waals surface area contributed by atoms with Crippen molar-refractivity contribution in [1.82, 2.24) is 0 Å². The van der Waals surface area contributed by atoms with Gasteiger partial charge in [0.15, 0.2) is 6.10 Å². The number of rotatable bonds is 63. The van der Waals surface area contributed by atoms with Crippen molar-refractivity contribution in [3.63, 3.8) is 0 Å². The van der Waals surface area contributed by atoms with Gasteiger partial charge in [0, 0.05) is 19.3 Å². The Morgan fingerprint density at radius 3 is 0.778 bits per heavy atom. The van der Waals surface area contributed by atoms with Crippen LogP contribution in [0, 0.1) is 0 Å². The third-order valence-corrected chi connectivity index (χ3v) is 15.1. The summed E-state index contributed by atoms with van der Waals surface area (Å²) in [5.41, 5.74) is 0. The first-order valence-electron chi connectivity index (χ1n) is 34.7. The molecule has 0 saturated carbocycles. The molecule has 0 aromatic heterocycles. The van der Waals surface area contributed by atoms with Gasteiger partial charge in [0.1, 0.15) is 13.2 Å². The first-order valence-corrected chi connectivity index (χ1v) is 34.7. The molecule has 1 unspecified atom stereocenters. The average molecular weight is 1130 g/mol. The Morgan fingerprint density at radius 2 is 0.481 bits per heavy atom. The molecule has 466 valence electrons. The highest BCUT2D eigenvalue weighted by molar-refractivity contribution is 5.71. The molecule has 0 spiro atoms. The molecule has 0 fully saturated rings. The molecular weight excluding hydrogens is 997 g/mol. The van der Waals surface area contributed by atoms with Crippen LogP contribution in [0.15, 0.2) is 97.2 Å². The lowest BCUT2D eigenvalue weighted by atomic mass is 10.0. The summed E-state index contributed by atoms with van der Waals surface area (Å²) in [5, 5.41) is 0. The van der Waals surface area contributed by atoms with E-state index < -0.39 is 6.10 Å². The van der Waals surface area contributed by atoms with Gasteiger partial charge in [-0.25, -0.2) is 0 Å². The van der Waals surface area contributed by atoms with Crippen LogP contribution < -0.4 is 0 Å². The van der Waals surface area contributed by atoms with Crippen LogP contribution in [0.5, 0.6) is 0 Å². The molecule has 0 aromatic carbocycles. The minimum absolute atomic E-state index is 0.0872. The molecule has 0 bridgehead atoms. The van der Waals surface area contributed by atoms with Crippen molar-refractivity contribution in [2.24, 2.45) is 0 Å². The number of carbonyl (C=O) groups excluding carboxylic acids is 3. The second-order valence-corrected chi connectivity index (χ2v) is 23.1. The topological polar surface area (TPSA) is 78.9 Å². The maximum Gasteiger partial charge on any atom is 0.306 e. The van der Waals surface area contributed by atoms with Crippen LogP contribution in [0.4, 0.5) is 0 Å². The van der Waals surface area contributed by atoms with Crippen LogP contribution in [0.25, 0.3) is 0 Å². The summed E-state index contributed by atoms with van der Waals surface area (Å²) >= 11 is 0. The van der Waals surface area contributed by atoms with Crippen molar-refractivity contribution in [3.8, 4) is 0 Å². The van der Waals surface area contributed by atoms with Crippen molar-refractivity contribution < 1.29 is 28.6 Å². The van der Waals surface area contributed by atoms with Gasteiger partial charge in [-0.05, 0) is 103 Å². The molecule has 0 rings (SSSR count). The van der Waals surface area contributed by atoms with Gasteiger partial charge in [-0.3, -0.25) is 14.4 Å². The van der Waals surface area contributed by atoms with Gasteiger partial charge in [0.2, 0.25) is 0 Å². The van der Waals surface area contributed by atoms with Gasteiger partial charge in [-0.1, -0.05) is 317 Å². The Bertz CT molecular complexity index is 1580. The largest absolute Gasteiger partial charge is 0.462 e. The fraction of sp³-hybridized carbons (Fsp3) is 0.747. The zero-order chi connectivity index (χ0) is 58.5. The lowest BCUT2D eigenvalue weighted by Gasteiger charge is -2.18. The van der Waals surface area contributed by atoms with Crippen LogP contribution in [-0.2, 0) is 28.6 Å². The van der Waals surface area contributed by atoms with Crippen LogP contribution >= 0.6 is 0 Å². The quantitative estimate of drug-likeness (QED) is 0.0261. The molecule has 0 saturated heterocycles. The summed E-state index contributed by atoms with van der Waals surface area (Å²) in [6.45, 7) is 6.52. The maximum absolute atomic E-state index is 13.0. The number of unbranched alkanes of at least 4 members (excludes halogenated alkanes) is 36. The molecule has 6 heteroatoms. The summed E-state index contributed by atoms with van der Waals surface area (Å²) in [5.74, 6) is -0.898. The third-order valence-electron chi connectivity index (χ3n) is 15.1. The molecule has 0 radical (unpaired) electrons. The number of hydrogen-bond acceptors (Lipinski definition) is 6. The molecule has 6 nitrogen and oxygen atoms in total. The molecule has 0 aliphatic rings. The van der Waals surface area contributed by atoms with E-state index in [1.807, 2.05) is 0 Å². The number of esters is 3. The predicted molar refractivity (Wildman–Crippen MR) is 353 cm³/mol. The van der Waals surface area contributed by atoms with Gasteiger partial charge in [0.25, 0.3) is 0 Å². The van der Waals surface area contributed by atoms with Crippen LogP contribution in [0.3, 0.4) is 0 Å². The van der Waals surface area contributed by atoms with Crippen LogP contribution in [0.1, 0.15) is 342 Å².